The van der Waals surface area contributed by atoms with Gasteiger partial charge in [-0.1, -0.05) is 13.0 Å². The fourth-order valence-electron chi connectivity index (χ4n) is 3.88. The summed E-state index contributed by atoms with van der Waals surface area (Å²) >= 11 is 0. The van der Waals surface area contributed by atoms with Crippen molar-refractivity contribution in [1.82, 2.24) is 5.32 Å². The van der Waals surface area contributed by atoms with Gasteiger partial charge in [0, 0.05) is 12.6 Å². The Bertz CT molecular complexity index is 893. The first-order valence-electron chi connectivity index (χ1n) is 9.28. The molecule has 1 unspecified atom stereocenters. The lowest BCUT2D eigenvalue weighted by atomic mass is 9.83. The number of hydrogen-bond acceptors (Lipinski definition) is 3. The number of benzene rings is 1. The second kappa shape index (κ2) is 8.34. The highest BCUT2D eigenvalue weighted by Crippen LogP contribution is 2.58. The van der Waals surface area contributed by atoms with E-state index < -0.39 is 6.03 Å². The minimum Gasteiger partial charge on any atom is -0.351 e. The van der Waals surface area contributed by atoms with E-state index in [2.05, 4.69) is 10.3 Å². The molecule has 3 atom stereocenters. The molecule has 146 valence electrons. The Kier molecular flexibility index (Phi) is 5.88. The van der Waals surface area contributed by atoms with Crippen LogP contribution in [0, 0.1) is 28.9 Å². The first-order valence-corrected chi connectivity index (χ1v) is 9.28. The van der Waals surface area contributed by atoms with Crippen LogP contribution in [0.2, 0.25) is 0 Å². The number of urea groups is 1. The first-order chi connectivity index (χ1) is 13.4. The van der Waals surface area contributed by atoms with Crippen molar-refractivity contribution in [3.8, 4) is 6.07 Å². The molecule has 1 aliphatic heterocycles. The summed E-state index contributed by atoms with van der Waals surface area (Å²) in [6.07, 6.45) is 8.36. The summed E-state index contributed by atoms with van der Waals surface area (Å²) in [7, 11) is 0. The fourth-order valence-corrected chi connectivity index (χ4v) is 3.88. The molecule has 0 aromatic heterocycles. The van der Waals surface area contributed by atoms with E-state index in [0.717, 1.165) is 19.3 Å². The molecule has 2 aliphatic carbocycles. The van der Waals surface area contributed by atoms with E-state index in [1.807, 2.05) is 19.1 Å². The molecular weight excluding hydrogens is 362 g/mol. The number of nitrogens with zero attached hydrogens (tertiary/aromatic N) is 2. The molecule has 1 aromatic rings. The Morgan fingerprint density at radius 1 is 1.29 bits per heavy atom. The van der Waals surface area contributed by atoms with E-state index in [9.17, 15) is 13.6 Å². The maximum Gasteiger partial charge on any atom is 0.317 e. The lowest BCUT2D eigenvalue weighted by molar-refractivity contribution is 0.253. The van der Waals surface area contributed by atoms with Crippen LogP contribution in [0.1, 0.15) is 55.6 Å². The third kappa shape index (κ3) is 4.45. The smallest absolute Gasteiger partial charge is 0.317 e. The van der Waals surface area contributed by atoms with E-state index >= 15 is 0 Å². The first kappa shape index (κ1) is 19.7. The van der Waals surface area contributed by atoms with Crippen LogP contribution < -0.4 is 11.1 Å². The molecular formula is C21H22F2N4O. The molecule has 1 saturated carbocycles. The number of carbonyl (C=O) groups is 1. The number of carbonyl (C=O) groups excluding carboxylic acids is 1. The van der Waals surface area contributed by atoms with Gasteiger partial charge in [-0.2, -0.15) is 5.26 Å². The molecule has 1 heterocycles. The number of aliphatic imine (C=N–C) groups is 1. The number of nitriles is 1. The molecule has 5 nitrogen and oxygen atoms in total. The minimum absolute atomic E-state index is 0.185. The maximum atomic E-state index is 13.5. The highest BCUT2D eigenvalue weighted by atomic mass is 19.1. The van der Waals surface area contributed by atoms with Crippen molar-refractivity contribution in [2.75, 3.05) is 0 Å². The molecule has 1 aromatic carbocycles. The number of amidine groups is 1. The number of hydrogen-bond donors (Lipinski definition) is 2. The second-order valence-corrected chi connectivity index (χ2v) is 7.30. The number of nitrogens with one attached hydrogen (secondary N) is 1. The van der Waals surface area contributed by atoms with Gasteiger partial charge in [-0.05, 0) is 66.4 Å². The lowest BCUT2D eigenvalue weighted by Crippen LogP contribution is -2.34. The molecule has 7 heteroatoms. The van der Waals surface area contributed by atoms with E-state index in [4.69, 9.17) is 11.0 Å². The van der Waals surface area contributed by atoms with E-state index in [1.165, 1.54) is 18.3 Å². The Balaban J connectivity index is 0.000000161. The van der Waals surface area contributed by atoms with Crippen LogP contribution in [-0.2, 0) is 0 Å². The quantitative estimate of drug-likeness (QED) is 0.695. The zero-order valence-electron chi connectivity index (χ0n) is 15.6. The Hall–Kier alpha value is -3.01. The predicted molar refractivity (Wildman–Crippen MR) is 102 cm³/mol. The van der Waals surface area contributed by atoms with Crippen LogP contribution in [-0.4, -0.2) is 11.9 Å². The number of fused-ring (bicyclic) bond motifs is 3. The third-order valence-electron chi connectivity index (χ3n) is 5.22. The zero-order chi connectivity index (χ0) is 20.3. The largest absolute Gasteiger partial charge is 0.351 e. The monoisotopic (exact) mass is 384 g/mol. The summed E-state index contributed by atoms with van der Waals surface area (Å²) in [6, 6.07) is 3.85. The number of rotatable bonds is 0. The van der Waals surface area contributed by atoms with Crippen LogP contribution in [0.15, 0.2) is 41.1 Å². The number of amides is 2. The number of primary amides is 1. The van der Waals surface area contributed by atoms with Crippen LogP contribution in [0.3, 0.4) is 0 Å². The standard InChI is InChI=1S/C12H12F2.C9H10N4O/c1-6-4-7-5-8(7)12-10(14)3-2-9(13)11(6)12;10-5-7-3-1-2-4-8(12-6-7)13-9(11)14/h2-3,6-8H,4-5H2,1H3;1,3,6H,2,4H2,(H3,11,12,13,14)/b;3-1-,7-6+/t6?,7-,8+;/m0./s1. The molecule has 0 radical (unpaired) electrons. The summed E-state index contributed by atoms with van der Waals surface area (Å²) in [5, 5.41) is 11.0. The Morgan fingerprint density at radius 2 is 2.00 bits per heavy atom. The van der Waals surface area contributed by atoms with Crippen molar-refractivity contribution in [2.45, 2.75) is 44.4 Å². The van der Waals surface area contributed by atoms with E-state index in [0.29, 0.717) is 40.8 Å². The van der Waals surface area contributed by atoms with Crippen molar-refractivity contribution in [3.05, 3.63) is 58.8 Å². The molecule has 3 N–H and O–H groups in total. The van der Waals surface area contributed by atoms with Gasteiger partial charge < -0.3 is 5.73 Å². The van der Waals surface area contributed by atoms with Crippen LogP contribution in [0.4, 0.5) is 13.6 Å². The molecule has 0 bridgehead atoms. The van der Waals surface area contributed by atoms with Gasteiger partial charge >= 0.3 is 6.03 Å². The van der Waals surface area contributed by atoms with Crippen molar-refractivity contribution < 1.29 is 13.6 Å². The lowest BCUT2D eigenvalue weighted by Gasteiger charge is -2.22. The third-order valence-corrected chi connectivity index (χ3v) is 5.22. The summed E-state index contributed by atoms with van der Waals surface area (Å²) in [4.78, 5) is 14.5. The summed E-state index contributed by atoms with van der Waals surface area (Å²) < 4.78 is 27.1. The van der Waals surface area contributed by atoms with Crippen LogP contribution in [0.25, 0.3) is 0 Å². The Morgan fingerprint density at radius 3 is 2.68 bits per heavy atom. The summed E-state index contributed by atoms with van der Waals surface area (Å²) in [6.45, 7) is 2.00. The SMILES string of the molecule is CC1C[C@H]2C[C@H]2c2c(F)ccc(F)c21.N#CC1=C/N=C(NC(N)=O)CC/C=C\1. The molecule has 0 saturated heterocycles. The van der Waals surface area contributed by atoms with Gasteiger partial charge in [0.05, 0.1) is 5.57 Å². The average molecular weight is 384 g/mol. The van der Waals surface area contributed by atoms with Crippen molar-refractivity contribution in [2.24, 2.45) is 16.6 Å². The molecule has 2 amide bonds. The maximum absolute atomic E-state index is 13.5. The normalized spacial score (nSPS) is 27.6. The highest BCUT2D eigenvalue weighted by molar-refractivity contribution is 5.97. The molecule has 1 fully saturated rings. The number of halogens is 2. The van der Waals surface area contributed by atoms with E-state index in [1.54, 1.807) is 6.08 Å². The van der Waals surface area contributed by atoms with Crippen LogP contribution >= 0.6 is 0 Å². The van der Waals surface area contributed by atoms with Gasteiger partial charge in [0.25, 0.3) is 0 Å². The molecule has 3 aliphatic rings. The predicted octanol–water partition coefficient (Wildman–Crippen LogP) is 4.39. The molecule has 28 heavy (non-hydrogen) atoms. The van der Waals surface area contributed by atoms with Gasteiger partial charge in [-0.3, -0.25) is 5.32 Å². The fraction of sp³-hybridized carbons (Fsp3) is 0.381. The molecule has 0 spiro atoms. The number of allylic oxidation sites excluding steroid dienone is 3. The summed E-state index contributed by atoms with van der Waals surface area (Å²) in [5.74, 6) is 1.17. The minimum atomic E-state index is -0.639. The van der Waals surface area contributed by atoms with Crippen molar-refractivity contribution in [3.63, 3.8) is 0 Å². The summed E-state index contributed by atoms with van der Waals surface area (Å²) in [5.41, 5.74) is 6.72. The van der Waals surface area contributed by atoms with Crippen LogP contribution in [0.5, 0.6) is 0 Å². The van der Waals surface area contributed by atoms with Gasteiger partial charge in [-0.15, -0.1) is 0 Å². The zero-order valence-corrected chi connectivity index (χ0v) is 15.6. The highest BCUT2D eigenvalue weighted by Gasteiger charge is 2.46. The Labute approximate surface area is 162 Å². The van der Waals surface area contributed by atoms with Gasteiger partial charge in [0.15, 0.2) is 0 Å². The van der Waals surface area contributed by atoms with Gasteiger partial charge in [-0.25, -0.2) is 18.6 Å². The number of nitrogens with two attached hydrogens (primary N) is 1. The van der Waals surface area contributed by atoms with Crippen molar-refractivity contribution in [1.29, 1.82) is 5.26 Å². The second-order valence-electron chi connectivity index (χ2n) is 7.30. The van der Waals surface area contributed by atoms with Crippen molar-refractivity contribution >= 4 is 11.9 Å². The molecule has 4 rings (SSSR count). The topological polar surface area (TPSA) is 91.3 Å². The van der Waals surface area contributed by atoms with E-state index in [-0.39, 0.29) is 17.6 Å². The van der Waals surface area contributed by atoms with Gasteiger partial charge in [0.1, 0.15) is 23.5 Å². The van der Waals surface area contributed by atoms with Gasteiger partial charge in [0.2, 0.25) is 0 Å². The average Bonchev–Trinajstić information content (AvgIpc) is 3.39.